The third-order valence-corrected chi connectivity index (χ3v) is 8.93. The predicted molar refractivity (Wildman–Crippen MR) is 138 cm³/mol. The topological polar surface area (TPSA) is 148 Å². The first-order chi connectivity index (χ1) is 17.5. The number of aliphatic carboxylic acids is 1. The summed E-state index contributed by atoms with van der Waals surface area (Å²) in [5.41, 5.74) is 4.52. The van der Waals surface area contributed by atoms with Crippen molar-refractivity contribution in [2.45, 2.75) is 76.0 Å². The van der Waals surface area contributed by atoms with Crippen molar-refractivity contribution in [1.29, 1.82) is 0 Å². The van der Waals surface area contributed by atoms with Crippen LogP contribution in [0.25, 0.3) is 0 Å². The van der Waals surface area contributed by atoms with Crippen LogP contribution in [0.3, 0.4) is 0 Å². The molecule has 10 nitrogen and oxygen atoms in total. The Kier molecular flexibility index (Phi) is 8.42. The molecule has 206 valence electrons. The van der Waals surface area contributed by atoms with Crippen LogP contribution in [-0.2, 0) is 9.59 Å². The number of carboxylic acids is 1. The summed E-state index contributed by atoms with van der Waals surface area (Å²) in [4.78, 5) is 39.4. The Labute approximate surface area is 222 Å². The van der Waals surface area contributed by atoms with E-state index in [1.54, 1.807) is 13.8 Å². The average Bonchev–Trinajstić information content (AvgIpc) is 3.20. The zero-order chi connectivity index (χ0) is 26.9. The number of amides is 2. The summed E-state index contributed by atoms with van der Waals surface area (Å²) in [7, 11) is 0. The van der Waals surface area contributed by atoms with Gasteiger partial charge in [0.1, 0.15) is 18.0 Å². The standard InChI is InChI=1S/C26H40N4O6S/c1-14(2)37-22-21(23(33)28-20-17-8-15-7-16(10-17)11-18(20)9-15)36-29-24(22)35-13-26(3,4)25(34)30(6-5-27)12-19(31)32/h14-18,20H,5-13,27H2,1-4H3,(H,28,33)(H,31,32). The van der Waals surface area contributed by atoms with Crippen molar-refractivity contribution in [3.05, 3.63) is 5.76 Å². The number of nitrogens with two attached hydrogens (primary N) is 1. The van der Waals surface area contributed by atoms with Gasteiger partial charge in [0.25, 0.3) is 11.8 Å². The van der Waals surface area contributed by atoms with E-state index in [1.165, 1.54) is 48.8 Å². The SMILES string of the molecule is CC(C)Sc1c(OCC(C)(C)C(=O)N(CCN)CC(=O)O)noc1C(=O)NC1C2CC3CC(C2)CC1C3. The first-order valence-corrected chi connectivity index (χ1v) is 14.2. The number of aromatic nitrogens is 1. The van der Waals surface area contributed by atoms with Crippen LogP contribution in [0, 0.1) is 29.1 Å². The summed E-state index contributed by atoms with van der Waals surface area (Å²) in [6, 6.07) is 0.172. The lowest BCUT2D eigenvalue weighted by Crippen LogP contribution is -2.55. The number of hydrogen-bond donors (Lipinski definition) is 3. The molecule has 11 heteroatoms. The minimum absolute atomic E-state index is 0.0681. The molecule has 0 aliphatic heterocycles. The van der Waals surface area contributed by atoms with Gasteiger partial charge < -0.3 is 30.3 Å². The van der Waals surface area contributed by atoms with Gasteiger partial charge in [-0.15, -0.1) is 11.8 Å². The van der Waals surface area contributed by atoms with Gasteiger partial charge in [0.05, 0.1) is 5.41 Å². The first kappa shape index (κ1) is 27.8. The summed E-state index contributed by atoms with van der Waals surface area (Å²) in [6.45, 7) is 7.13. The number of thioether (sulfide) groups is 1. The predicted octanol–water partition coefficient (Wildman–Crippen LogP) is 3.01. The second-order valence-electron chi connectivity index (χ2n) is 11.8. The van der Waals surface area contributed by atoms with Crippen LogP contribution in [-0.4, -0.2) is 70.5 Å². The van der Waals surface area contributed by atoms with Crippen LogP contribution in [0.1, 0.15) is 70.4 Å². The first-order valence-electron chi connectivity index (χ1n) is 13.3. The molecule has 4 aliphatic carbocycles. The van der Waals surface area contributed by atoms with Crippen molar-refractivity contribution < 1.29 is 28.8 Å². The molecule has 0 radical (unpaired) electrons. The van der Waals surface area contributed by atoms with Crippen molar-refractivity contribution in [3.8, 4) is 5.88 Å². The van der Waals surface area contributed by atoms with Crippen molar-refractivity contribution in [1.82, 2.24) is 15.4 Å². The highest BCUT2D eigenvalue weighted by molar-refractivity contribution is 8.00. The third kappa shape index (κ3) is 6.25. The second kappa shape index (κ2) is 11.2. The number of carbonyl (C=O) groups excluding carboxylic acids is 2. The van der Waals surface area contributed by atoms with E-state index < -0.39 is 17.9 Å². The fourth-order valence-electron chi connectivity index (χ4n) is 6.53. The van der Waals surface area contributed by atoms with E-state index in [4.69, 9.17) is 20.1 Å². The van der Waals surface area contributed by atoms with Gasteiger partial charge in [-0.05, 0) is 74.8 Å². The zero-order valence-electron chi connectivity index (χ0n) is 22.2. The quantitative estimate of drug-likeness (QED) is 0.343. The highest BCUT2D eigenvalue weighted by Gasteiger charge is 2.49. The van der Waals surface area contributed by atoms with E-state index >= 15 is 0 Å². The van der Waals surface area contributed by atoms with Crippen molar-refractivity contribution >= 4 is 29.5 Å². The second-order valence-corrected chi connectivity index (χ2v) is 13.4. The molecule has 4 aliphatic rings. The van der Waals surface area contributed by atoms with Crippen LogP contribution in [0.2, 0.25) is 0 Å². The Bertz CT molecular complexity index is 981. The summed E-state index contributed by atoms with van der Waals surface area (Å²) in [6.07, 6.45) is 6.14. The summed E-state index contributed by atoms with van der Waals surface area (Å²) < 4.78 is 11.5. The van der Waals surface area contributed by atoms with Crippen LogP contribution < -0.4 is 15.8 Å². The van der Waals surface area contributed by atoms with E-state index in [9.17, 15) is 14.4 Å². The van der Waals surface area contributed by atoms with Gasteiger partial charge >= 0.3 is 5.97 Å². The number of hydrogen-bond acceptors (Lipinski definition) is 8. The molecule has 4 fully saturated rings. The van der Waals surface area contributed by atoms with Crippen LogP contribution in [0.15, 0.2) is 9.42 Å². The number of rotatable bonds is 12. The molecule has 4 bridgehead atoms. The maximum absolute atomic E-state index is 13.4. The molecule has 4 saturated carbocycles. The molecular formula is C26H40N4O6S. The molecule has 0 aromatic carbocycles. The highest BCUT2D eigenvalue weighted by atomic mass is 32.2. The van der Waals surface area contributed by atoms with Crippen molar-refractivity contribution in [2.75, 3.05) is 26.2 Å². The molecular weight excluding hydrogens is 496 g/mol. The molecule has 1 aromatic heterocycles. The molecule has 1 heterocycles. The van der Waals surface area contributed by atoms with Gasteiger partial charge in [0, 0.05) is 24.4 Å². The number of nitrogens with zero attached hydrogens (tertiary/aromatic N) is 2. The molecule has 2 amide bonds. The fourth-order valence-corrected chi connectivity index (χ4v) is 7.44. The Balaban J connectivity index is 1.46. The largest absolute Gasteiger partial charge is 0.480 e. The van der Waals surface area contributed by atoms with E-state index in [-0.39, 0.29) is 54.4 Å². The van der Waals surface area contributed by atoms with Crippen LogP contribution in [0.5, 0.6) is 5.88 Å². The highest BCUT2D eigenvalue weighted by Crippen LogP contribution is 2.53. The Morgan fingerprint density at radius 2 is 1.81 bits per heavy atom. The molecule has 0 spiro atoms. The Hall–Kier alpha value is -2.27. The van der Waals surface area contributed by atoms with Crippen molar-refractivity contribution in [3.63, 3.8) is 0 Å². The lowest BCUT2D eigenvalue weighted by atomic mass is 9.54. The molecule has 5 rings (SSSR count). The van der Waals surface area contributed by atoms with Crippen molar-refractivity contribution in [2.24, 2.45) is 34.8 Å². The molecule has 1 aromatic rings. The normalized spacial score (nSPS) is 26.4. The van der Waals surface area contributed by atoms with E-state index in [1.807, 2.05) is 13.8 Å². The summed E-state index contributed by atoms with van der Waals surface area (Å²) >= 11 is 1.43. The molecule has 37 heavy (non-hydrogen) atoms. The van der Waals surface area contributed by atoms with Gasteiger partial charge in [-0.25, -0.2) is 0 Å². The van der Waals surface area contributed by atoms with Gasteiger partial charge in [0.2, 0.25) is 11.7 Å². The number of carbonyl (C=O) groups is 3. The minimum Gasteiger partial charge on any atom is -0.480 e. The maximum atomic E-state index is 13.4. The monoisotopic (exact) mass is 536 g/mol. The maximum Gasteiger partial charge on any atom is 0.323 e. The molecule has 0 unspecified atom stereocenters. The van der Waals surface area contributed by atoms with Crippen LogP contribution in [0.4, 0.5) is 0 Å². The lowest BCUT2D eigenvalue weighted by molar-refractivity contribution is -0.149. The molecule has 4 N–H and O–H groups in total. The van der Waals surface area contributed by atoms with Gasteiger partial charge in [0.15, 0.2) is 0 Å². The zero-order valence-corrected chi connectivity index (χ0v) is 23.0. The summed E-state index contributed by atoms with van der Waals surface area (Å²) in [5.74, 6) is 1.24. The average molecular weight is 537 g/mol. The minimum atomic E-state index is -1.11. The third-order valence-electron chi connectivity index (χ3n) is 7.87. The van der Waals surface area contributed by atoms with Crippen LogP contribution >= 0.6 is 11.8 Å². The number of carboxylic acid groups (broad SMARTS) is 1. The number of nitrogens with one attached hydrogen (secondary N) is 1. The lowest BCUT2D eigenvalue weighted by Gasteiger charge is -2.54. The van der Waals surface area contributed by atoms with E-state index in [2.05, 4.69) is 10.5 Å². The molecule has 0 atom stereocenters. The van der Waals surface area contributed by atoms with Gasteiger partial charge in [-0.3, -0.25) is 14.4 Å². The fraction of sp³-hybridized carbons (Fsp3) is 0.769. The smallest absolute Gasteiger partial charge is 0.323 e. The van der Waals surface area contributed by atoms with E-state index in [0.29, 0.717) is 16.7 Å². The van der Waals surface area contributed by atoms with E-state index in [0.717, 1.165) is 11.8 Å². The molecule has 0 saturated heterocycles. The number of ether oxygens (including phenoxy) is 1. The Morgan fingerprint density at radius 3 is 2.35 bits per heavy atom. The van der Waals surface area contributed by atoms with Gasteiger partial charge in [-0.1, -0.05) is 13.8 Å². The van der Waals surface area contributed by atoms with Gasteiger partial charge in [-0.2, -0.15) is 0 Å². The Morgan fingerprint density at radius 1 is 1.19 bits per heavy atom. The summed E-state index contributed by atoms with van der Waals surface area (Å²) in [5, 5.41) is 16.6.